The zero-order valence-electron chi connectivity index (χ0n) is 14.5. The van der Waals surface area contributed by atoms with Gasteiger partial charge in [0.2, 0.25) is 0 Å². The van der Waals surface area contributed by atoms with Crippen LogP contribution in [0.4, 0.5) is 5.69 Å². The maximum Gasteiger partial charge on any atom is 0.257 e. The largest absolute Gasteiger partial charge is 0.319 e. The molecule has 6 heteroatoms. The minimum atomic E-state index is -0.230. The highest BCUT2D eigenvalue weighted by Gasteiger charge is 2.50. The summed E-state index contributed by atoms with van der Waals surface area (Å²) < 4.78 is 0. The lowest BCUT2D eigenvalue weighted by Gasteiger charge is -2.25. The average Bonchev–Trinajstić information content (AvgIpc) is 3.17. The first kappa shape index (κ1) is 17.2. The summed E-state index contributed by atoms with van der Waals surface area (Å²) in [6.45, 7) is 3.59. The van der Waals surface area contributed by atoms with Crippen molar-refractivity contribution in [2.45, 2.75) is 25.3 Å². The Morgan fingerprint density at radius 1 is 1.12 bits per heavy atom. The van der Waals surface area contributed by atoms with E-state index in [4.69, 9.17) is 12.2 Å². The molecule has 4 rings (SSSR count). The van der Waals surface area contributed by atoms with E-state index in [0.29, 0.717) is 16.4 Å². The van der Waals surface area contributed by atoms with E-state index in [2.05, 4.69) is 31.2 Å². The lowest BCUT2D eigenvalue weighted by Crippen LogP contribution is -2.33. The standard InChI is InChI=1S/C20H18N2O2S2/c1-12-3-5-15(6-4-12)19-22-17(11-26-19)18(24)21(20(22)25)16-9-7-14(8-10-16)13(2)23/h3-10,17,19H,11H2,1-2H3/t17-,19-/m0/s1. The molecule has 2 atom stereocenters. The Bertz CT molecular complexity index is 893. The minimum Gasteiger partial charge on any atom is -0.319 e. The number of anilines is 1. The van der Waals surface area contributed by atoms with E-state index in [-0.39, 0.29) is 23.1 Å². The molecule has 1 amide bonds. The van der Waals surface area contributed by atoms with Crippen LogP contribution < -0.4 is 4.90 Å². The maximum absolute atomic E-state index is 13.0. The summed E-state index contributed by atoms with van der Waals surface area (Å²) in [5.41, 5.74) is 3.71. The van der Waals surface area contributed by atoms with Crippen LogP contribution in [0.3, 0.4) is 0 Å². The molecule has 0 saturated carbocycles. The van der Waals surface area contributed by atoms with Crippen LogP contribution >= 0.6 is 24.0 Å². The van der Waals surface area contributed by atoms with Crippen LogP contribution in [-0.2, 0) is 4.79 Å². The number of aryl methyl sites for hydroxylation is 1. The summed E-state index contributed by atoms with van der Waals surface area (Å²) in [4.78, 5) is 28.1. The molecular weight excluding hydrogens is 364 g/mol. The number of nitrogens with zero attached hydrogens (tertiary/aromatic N) is 2. The number of rotatable bonds is 3. The van der Waals surface area contributed by atoms with Gasteiger partial charge in [0, 0.05) is 11.3 Å². The van der Waals surface area contributed by atoms with Crippen molar-refractivity contribution >= 4 is 46.5 Å². The van der Waals surface area contributed by atoms with Gasteiger partial charge in [-0.15, -0.1) is 11.8 Å². The van der Waals surface area contributed by atoms with Crippen molar-refractivity contribution in [2.75, 3.05) is 10.7 Å². The Labute approximate surface area is 162 Å². The Morgan fingerprint density at radius 3 is 2.38 bits per heavy atom. The number of carbonyl (C=O) groups is 2. The normalized spacial score (nSPS) is 22.1. The maximum atomic E-state index is 13.0. The fraction of sp³-hybridized carbons (Fsp3) is 0.250. The SMILES string of the molecule is CC(=O)c1ccc(N2C(=O)[C@@H]3CS[C@@H](c4ccc(C)cc4)N3C2=S)cc1. The predicted molar refractivity (Wildman–Crippen MR) is 109 cm³/mol. The summed E-state index contributed by atoms with van der Waals surface area (Å²) in [6, 6.07) is 15.2. The van der Waals surface area contributed by atoms with E-state index < -0.39 is 0 Å². The number of Topliss-reactive ketones (excluding diaryl/α,β-unsaturated/α-hetero) is 1. The lowest BCUT2D eigenvalue weighted by atomic mass is 10.1. The monoisotopic (exact) mass is 382 g/mol. The average molecular weight is 383 g/mol. The van der Waals surface area contributed by atoms with E-state index in [0.717, 1.165) is 11.3 Å². The molecule has 2 aliphatic heterocycles. The molecule has 0 unspecified atom stereocenters. The number of carbonyl (C=O) groups excluding carboxylic acids is 2. The van der Waals surface area contributed by atoms with Gasteiger partial charge in [-0.1, -0.05) is 29.8 Å². The van der Waals surface area contributed by atoms with Gasteiger partial charge in [0.05, 0.1) is 5.69 Å². The van der Waals surface area contributed by atoms with Crippen LogP contribution in [0.2, 0.25) is 0 Å². The zero-order valence-corrected chi connectivity index (χ0v) is 16.1. The molecule has 0 radical (unpaired) electrons. The van der Waals surface area contributed by atoms with Crippen molar-refractivity contribution in [3.05, 3.63) is 65.2 Å². The summed E-state index contributed by atoms with van der Waals surface area (Å²) in [5.74, 6) is 0.732. The molecule has 0 N–H and O–H groups in total. The highest BCUT2D eigenvalue weighted by Crippen LogP contribution is 2.46. The molecule has 132 valence electrons. The fourth-order valence-electron chi connectivity index (χ4n) is 3.36. The van der Waals surface area contributed by atoms with Crippen molar-refractivity contribution in [1.29, 1.82) is 0 Å². The topological polar surface area (TPSA) is 40.6 Å². The van der Waals surface area contributed by atoms with Gasteiger partial charge in [-0.05, 0) is 55.9 Å². The first-order chi connectivity index (χ1) is 12.5. The molecule has 26 heavy (non-hydrogen) atoms. The Hall–Kier alpha value is -2.18. The van der Waals surface area contributed by atoms with Gasteiger partial charge in [-0.3, -0.25) is 14.5 Å². The third-order valence-electron chi connectivity index (χ3n) is 4.81. The predicted octanol–water partition coefficient (Wildman–Crippen LogP) is 3.95. The summed E-state index contributed by atoms with van der Waals surface area (Å²) in [6.07, 6.45) is 0. The zero-order chi connectivity index (χ0) is 18.4. The third-order valence-corrected chi connectivity index (χ3v) is 6.53. The quantitative estimate of drug-likeness (QED) is 0.594. The second-order valence-electron chi connectivity index (χ2n) is 6.58. The van der Waals surface area contributed by atoms with Crippen molar-refractivity contribution in [3.63, 3.8) is 0 Å². The highest BCUT2D eigenvalue weighted by atomic mass is 32.2. The van der Waals surface area contributed by atoms with Gasteiger partial charge >= 0.3 is 0 Å². The van der Waals surface area contributed by atoms with Crippen molar-refractivity contribution in [3.8, 4) is 0 Å². The third kappa shape index (κ3) is 2.73. The second-order valence-corrected chi connectivity index (χ2v) is 8.06. The van der Waals surface area contributed by atoms with Gasteiger partial charge in [-0.2, -0.15) is 0 Å². The molecule has 2 aromatic rings. The Kier molecular flexibility index (Phi) is 4.32. The van der Waals surface area contributed by atoms with Gasteiger partial charge in [0.25, 0.3) is 5.91 Å². The van der Waals surface area contributed by atoms with Gasteiger partial charge < -0.3 is 4.90 Å². The molecular formula is C20H18N2O2S2. The minimum absolute atomic E-state index is 0.00308. The molecule has 2 saturated heterocycles. The molecule has 2 fully saturated rings. The van der Waals surface area contributed by atoms with Crippen LogP contribution in [0.1, 0.15) is 33.8 Å². The molecule has 0 aliphatic carbocycles. The van der Waals surface area contributed by atoms with Gasteiger partial charge in [0.1, 0.15) is 11.4 Å². The lowest BCUT2D eigenvalue weighted by molar-refractivity contribution is -0.119. The number of amides is 1. The second kappa shape index (κ2) is 6.52. The molecule has 0 aromatic heterocycles. The summed E-state index contributed by atoms with van der Waals surface area (Å²) >= 11 is 7.43. The molecule has 2 heterocycles. The van der Waals surface area contributed by atoms with Crippen LogP contribution in [0.5, 0.6) is 0 Å². The van der Waals surface area contributed by atoms with Crippen molar-refractivity contribution < 1.29 is 9.59 Å². The van der Waals surface area contributed by atoms with E-state index >= 15 is 0 Å². The van der Waals surface area contributed by atoms with Crippen LogP contribution in [0.25, 0.3) is 0 Å². The molecule has 0 bridgehead atoms. The molecule has 0 spiro atoms. The van der Waals surface area contributed by atoms with E-state index in [1.54, 1.807) is 40.9 Å². The van der Waals surface area contributed by atoms with Crippen LogP contribution in [0.15, 0.2) is 48.5 Å². The van der Waals surface area contributed by atoms with E-state index in [9.17, 15) is 9.59 Å². The number of ketones is 1. The Balaban J connectivity index is 1.64. The smallest absolute Gasteiger partial charge is 0.257 e. The van der Waals surface area contributed by atoms with Crippen LogP contribution in [-0.4, -0.2) is 33.5 Å². The summed E-state index contributed by atoms with van der Waals surface area (Å²) in [7, 11) is 0. The molecule has 2 aromatic carbocycles. The number of hydrogen-bond donors (Lipinski definition) is 0. The van der Waals surface area contributed by atoms with Crippen molar-refractivity contribution in [2.24, 2.45) is 0 Å². The van der Waals surface area contributed by atoms with E-state index in [1.807, 2.05) is 4.90 Å². The van der Waals surface area contributed by atoms with Gasteiger partial charge in [0.15, 0.2) is 10.9 Å². The number of fused-ring (bicyclic) bond motifs is 1. The Morgan fingerprint density at radius 2 is 1.77 bits per heavy atom. The summed E-state index contributed by atoms with van der Waals surface area (Å²) in [5, 5.41) is 0.588. The molecule has 2 aliphatic rings. The van der Waals surface area contributed by atoms with Crippen molar-refractivity contribution in [1.82, 2.24) is 4.90 Å². The molecule has 4 nitrogen and oxygen atoms in total. The fourth-order valence-corrected chi connectivity index (χ4v) is 5.28. The van der Waals surface area contributed by atoms with Gasteiger partial charge in [-0.25, -0.2) is 0 Å². The van der Waals surface area contributed by atoms with Crippen LogP contribution in [0, 0.1) is 6.92 Å². The first-order valence-corrected chi connectivity index (χ1v) is 9.88. The first-order valence-electron chi connectivity index (χ1n) is 8.43. The number of thiocarbonyl (C=S) groups is 1. The number of hydrogen-bond acceptors (Lipinski definition) is 4. The number of thioether (sulfide) groups is 1. The number of benzene rings is 2. The van der Waals surface area contributed by atoms with E-state index in [1.165, 1.54) is 12.5 Å². The highest BCUT2D eigenvalue weighted by molar-refractivity contribution is 7.99.